The minimum absolute atomic E-state index is 0.0264. The standard InChI is InChI=1S/C24H30FN3O3/c1-19(11-12-20-7-3-2-4-8-20)26-23(29)17-31-18-24(30)28-15-13-27(14-16-28)22-10-6-5-9-21(22)25/h2-10,19H,11-18H2,1H3,(H,26,29). The molecule has 0 bridgehead atoms. The number of hydrogen-bond acceptors (Lipinski definition) is 4. The molecule has 1 aliphatic heterocycles. The van der Waals surface area contributed by atoms with Crippen molar-refractivity contribution in [1.29, 1.82) is 0 Å². The van der Waals surface area contributed by atoms with Gasteiger partial charge in [0, 0.05) is 32.2 Å². The Morgan fingerprint density at radius 3 is 2.39 bits per heavy atom. The maximum atomic E-state index is 13.9. The van der Waals surface area contributed by atoms with Crippen LogP contribution in [0.25, 0.3) is 0 Å². The molecule has 31 heavy (non-hydrogen) atoms. The number of rotatable bonds is 9. The third-order valence-electron chi connectivity index (χ3n) is 5.40. The third kappa shape index (κ3) is 7.07. The van der Waals surface area contributed by atoms with Crippen LogP contribution >= 0.6 is 0 Å². The number of carbonyl (C=O) groups excluding carboxylic acids is 2. The highest BCUT2D eigenvalue weighted by molar-refractivity contribution is 5.80. The predicted octanol–water partition coefficient (Wildman–Crippen LogP) is 2.63. The lowest BCUT2D eigenvalue weighted by atomic mass is 10.1. The summed E-state index contributed by atoms with van der Waals surface area (Å²) >= 11 is 0. The van der Waals surface area contributed by atoms with Crippen LogP contribution in [0.2, 0.25) is 0 Å². The normalized spacial score (nSPS) is 14.9. The highest BCUT2D eigenvalue weighted by Crippen LogP contribution is 2.20. The van der Waals surface area contributed by atoms with Crippen LogP contribution in [-0.2, 0) is 20.7 Å². The number of benzene rings is 2. The number of aryl methyl sites for hydroxylation is 1. The summed E-state index contributed by atoms with van der Waals surface area (Å²) in [6.45, 7) is 3.81. The number of anilines is 1. The molecule has 0 spiro atoms. The van der Waals surface area contributed by atoms with Gasteiger partial charge in [0.05, 0.1) is 5.69 Å². The fourth-order valence-corrected chi connectivity index (χ4v) is 3.64. The van der Waals surface area contributed by atoms with Crippen molar-refractivity contribution in [1.82, 2.24) is 10.2 Å². The molecule has 166 valence electrons. The summed E-state index contributed by atoms with van der Waals surface area (Å²) in [6, 6.07) is 16.8. The molecule has 1 heterocycles. The second kappa shape index (κ2) is 11.5. The molecule has 7 heteroatoms. The topological polar surface area (TPSA) is 61.9 Å². The molecule has 6 nitrogen and oxygen atoms in total. The number of hydrogen-bond donors (Lipinski definition) is 1. The van der Waals surface area contributed by atoms with Gasteiger partial charge in [-0.1, -0.05) is 42.5 Å². The molecule has 1 aliphatic rings. The van der Waals surface area contributed by atoms with Gasteiger partial charge >= 0.3 is 0 Å². The molecule has 0 aromatic heterocycles. The second-order valence-corrected chi connectivity index (χ2v) is 7.80. The SMILES string of the molecule is CC(CCc1ccccc1)NC(=O)COCC(=O)N1CCN(c2ccccc2F)CC1. The molecule has 1 fully saturated rings. The predicted molar refractivity (Wildman–Crippen MR) is 118 cm³/mol. The molecule has 2 amide bonds. The van der Waals surface area contributed by atoms with Crippen LogP contribution in [0.15, 0.2) is 54.6 Å². The Bertz CT molecular complexity index is 854. The highest BCUT2D eigenvalue weighted by Gasteiger charge is 2.22. The van der Waals surface area contributed by atoms with Gasteiger partial charge in [-0.05, 0) is 37.5 Å². The zero-order chi connectivity index (χ0) is 22.1. The van der Waals surface area contributed by atoms with E-state index in [4.69, 9.17) is 4.74 Å². The maximum Gasteiger partial charge on any atom is 0.248 e. The van der Waals surface area contributed by atoms with Crippen molar-refractivity contribution in [2.24, 2.45) is 0 Å². The van der Waals surface area contributed by atoms with Crippen molar-refractivity contribution in [2.75, 3.05) is 44.3 Å². The number of amides is 2. The highest BCUT2D eigenvalue weighted by atomic mass is 19.1. The number of nitrogens with one attached hydrogen (secondary N) is 1. The van der Waals surface area contributed by atoms with Crippen molar-refractivity contribution >= 4 is 17.5 Å². The average molecular weight is 428 g/mol. The molecular weight excluding hydrogens is 397 g/mol. The third-order valence-corrected chi connectivity index (χ3v) is 5.40. The summed E-state index contributed by atoms with van der Waals surface area (Å²) in [5.41, 5.74) is 1.80. The van der Waals surface area contributed by atoms with Gasteiger partial charge in [0.25, 0.3) is 0 Å². The summed E-state index contributed by atoms with van der Waals surface area (Å²) in [4.78, 5) is 28.0. The summed E-state index contributed by atoms with van der Waals surface area (Å²) in [5.74, 6) is -0.634. The average Bonchev–Trinajstić information content (AvgIpc) is 2.79. The minimum atomic E-state index is -0.255. The van der Waals surface area contributed by atoms with Gasteiger partial charge in [-0.25, -0.2) is 4.39 Å². The molecule has 1 atom stereocenters. The molecule has 0 aliphatic carbocycles. The first kappa shape index (κ1) is 22.7. The van der Waals surface area contributed by atoms with Crippen molar-refractivity contribution in [2.45, 2.75) is 25.8 Å². The lowest BCUT2D eigenvalue weighted by molar-refractivity contribution is -0.138. The summed E-state index contributed by atoms with van der Waals surface area (Å²) in [6.07, 6.45) is 1.72. The first-order valence-electron chi connectivity index (χ1n) is 10.7. The van der Waals surface area contributed by atoms with Crippen LogP contribution in [0.4, 0.5) is 10.1 Å². The van der Waals surface area contributed by atoms with Crippen LogP contribution in [0.1, 0.15) is 18.9 Å². The molecule has 3 rings (SSSR count). The quantitative estimate of drug-likeness (QED) is 0.668. The Balaban J connectivity index is 1.31. The molecule has 1 unspecified atom stereocenters. The van der Waals surface area contributed by atoms with E-state index >= 15 is 0 Å². The monoisotopic (exact) mass is 427 g/mol. The fraction of sp³-hybridized carbons (Fsp3) is 0.417. The van der Waals surface area contributed by atoms with E-state index in [1.807, 2.05) is 30.0 Å². The summed E-state index contributed by atoms with van der Waals surface area (Å²) in [5, 5.41) is 2.90. The molecular formula is C24H30FN3O3. The fourth-order valence-electron chi connectivity index (χ4n) is 3.64. The summed E-state index contributed by atoms with van der Waals surface area (Å²) in [7, 11) is 0. The Labute approximate surface area is 183 Å². The van der Waals surface area contributed by atoms with Crippen LogP contribution < -0.4 is 10.2 Å². The molecule has 1 saturated heterocycles. The van der Waals surface area contributed by atoms with Crippen molar-refractivity contribution in [3.8, 4) is 0 Å². The number of piperazine rings is 1. The molecule has 0 saturated carbocycles. The number of halogens is 1. The van der Waals surface area contributed by atoms with Crippen LogP contribution in [0.5, 0.6) is 0 Å². The van der Waals surface area contributed by atoms with Gasteiger partial charge in [-0.2, -0.15) is 0 Å². The molecule has 1 N–H and O–H groups in total. The van der Waals surface area contributed by atoms with Crippen LogP contribution in [-0.4, -0.2) is 62.1 Å². The Morgan fingerprint density at radius 1 is 1.00 bits per heavy atom. The van der Waals surface area contributed by atoms with E-state index in [-0.39, 0.29) is 36.9 Å². The van der Waals surface area contributed by atoms with Crippen molar-refractivity contribution in [3.63, 3.8) is 0 Å². The van der Waals surface area contributed by atoms with E-state index in [1.165, 1.54) is 11.6 Å². The molecule has 2 aromatic rings. The van der Waals surface area contributed by atoms with Gasteiger partial charge in [0.2, 0.25) is 11.8 Å². The van der Waals surface area contributed by atoms with E-state index in [0.717, 1.165) is 12.8 Å². The maximum absolute atomic E-state index is 13.9. The Kier molecular flexibility index (Phi) is 8.41. The number of ether oxygens (including phenoxy) is 1. The molecule has 2 aromatic carbocycles. The number of nitrogens with zero attached hydrogens (tertiary/aromatic N) is 2. The van der Waals surface area contributed by atoms with Gasteiger partial charge in [0.1, 0.15) is 19.0 Å². The van der Waals surface area contributed by atoms with Gasteiger partial charge in [-0.3, -0.25) is 9.59 Å². The zero-order valence-electron chi connectivity index (χ0n) is 17.9. The van der Waals surface area contributed by atoms with E-state index in [0.29, 0.717) is 31.9 Å². The first-order valence-corrected chi connectivity index (χ1v) is 10.7. The summed E-state index contributed by atoms with van der Waals surface area (Å²) < 4.78 is 19.2. The molecule has 0 radical (unpaired) electrons. The van der Waals surface area contributed by atoms with E-state index in [1.54, 1.807) is 23.1 Å². The zero-order valence-corrected chi connectivity index (χ0v) is 17.9. The number of carbonyl (C=O) groups is 2. The van der Waals surface area contributed by atoms with Gasteiger partial charge in [0.15, 0.2) is 0 Å². The van der Waals surface area contributed by atoms with Gasteiger partial charge in [-0.15, -0.1) is 0 Å². The van der Waals surface area contributed by atoms with E-state index in [9.17, 15) is 14.0 Å². The van der Waals surface area contributed by atoms with Crippen LogP contribution in [0.3, 0.4) is 0 Å². The van der Waals surface area contributed by atoms with Crippen molar-refractivity contribution in [3.05, 3.63) is 66.0 Å². The van der Waals surface area contributed by atoms with Gasteiger partial charge < -0.3 is 19.9 Å². The Morgan fingerprint density at radius 2 is 1.68 bits per heavy atom. The van der Waals surface area contributed by atoms with E-state index < -0.39 is 0 Å². The lowest BCUT2D eigenvalue weighted by Gasteiger charge is -2.36. The lowest BCUT2D eigenvalue weighted by Crippen LogP contribution is -2.50. The van der Waals surface area contributed by atoms with Crippen molar-refractivity contribution < 1.29 is 18.7 Å². The first-order chi connectivity index (χ1) is 15.0. The largest absolute Gasteiger partial charge is 0.366 e. The van der Waals surface area contributed by atoms with Crippen LogP contribution in [0, 0.1) is 5.82 Å². The number of para-hydroxylation sites is 1. The minimum Gasteiger partial charge on any atom is -0.366 e. The second-order valence-electron chi connectivity index (χ2n) is 7.80. The Hall–Kier alpha value is -2.93. The smallest absolute Gasteiger partial charge is 0.248 e. The van der Waals surface area contributed by atoms with E-state index in [2.05, 4.69) is 17.4 Å².